The van der Waals surface area contributed by atoms with Crippen LogP contribution >= 0.6 is 0 Å². The molecule has 1 aliphatic heterocycles. The van der Waals surface area contributed by atoms with E-state index >= 15 is 0 Å². The number of rotatable bonds is 1. The molecule has 158 valence electrons. The molecule has 1 aromatic carbocycles. The van der Waals surface area contributed by atoms with Gasteiger partial charge in [-0.05, 0) is 38.1 Å². The van der Waals surface area contributed by atoms with E-state index in [-0.39, 0.29) is 11.6 Å². The van der Waals surface area contributed by atoms with Gasteiger partial charge < -0.3 is 15.0 Å². The lowest BCUT2D eigenvalue weighted by Crippen LogP contribution is -2.10. The molecule has 2 N–H and O–H groups in total. The van der Waals surface area contributed by atoms with E-state index in [0.29, 0.717) is 24.3 Å². The fourth-order valence-electron chi connectivity index (χ4n) is 4.22. The molecule has 0 saturated heterocycles. The number of hydrogen-bond acceptors (Lipinski definition) is 5. The minimum absolute atomic E-state index is 0.285. The van der Waals surface area contributed by atoms with Crippen molar-refractivity contribution >= 4 is 5.82 Å². The Morgan fingerprint density at radius 2 is 2.06 bits per heavy atom. The van der Waals surface area contributed by atoms with E-state index in [0.717, 1.165) is 33.8 Å². The molecule has 5 rings (SSSR count). The quantitative estimate of drug-likeness (QED) is 0.502. The van der Waals surface area contributed by atoms with Gasteiger partial charge in [0, 0.05) is 54.2 Å². The van der Waals surface area contributed by atoms with Crippen molar-refractivity contribution in [2.75, 3.05) is 5.73 Å². The largest absolute Gasteiger partial charge is 0.482 e. The average molecular weight is 418 g/mol. The number of anilines is 1. The zero-order valence-electron chi connectivity index (χ0n) is 17.6. The van der Waals surface area contributed by atoms with Gasteiger partial charge in [-0.2, -0.15) is 5.10 Å². The first-order valence-electron chi connectivity index (χ1n) is 10.2. The van der Waals surface area contributed by atoms with Gasteiger partial charge in [0.2, 0.25) is 0 Å². The second kappa shape index (κ2) is 7.23. The fraction of sp³-hybridized carbons (Fsp3) is 0.261. The van der Waals surface area contributed by atoms with Crippen molar-refractivity contribution < 1.29 is 9.13 Å². The molecule has 2 bridgehead atoms. The van der Waals surface area contributed by atoms with Crippen LogP contribution in [0.3, 0.4) is 0 Å². The van der Waals surface area contributed by atoms with Gasteiger partial charge >= 0.3 is 0 Å². The van der Waals surface area contributed by atoms with Crippen molar-refractivity contribution in [2.24, 2.45) is 7.05 Å². The van der Waals surface area contributed by atoms with E-state index in [1.54, 1.807) is 18.6 Å². The highest BCUT2D eigenvalue weighted by Crippen LogP contribution is 2.38. The van der Waals surface area contributed by atoms with Crippen LogP contribution in [0, 0.1) is 5.82 Å². The zero-order valence-corrected chi connectivity index (χ0v) is 17.6. The Balaban J connectivity index is 1.82. The van der Waals surface area contributed by atoms with Crippen molar-refractivity contribution in [1.29, 1.82) is 0 Å². The summed E-state index contributed by atoms with van der Waals surface area (Å²) in [6.45, 7) is 4.64. The van der Waals surface area contributed by atoms with E-state index in [1.807, 2.05) is 42.4 Å². The maximum Gasteiger partial charge on any atom is 0.166 e. The van der Waals surface area contributed by atoms with Crippen LogP contribution in [0.5, 0.6) is 5.75 Å². The van der Waals surface area contributed by atoms with Crippen LogP contribution in [0.15, 0.2) is 43.0 Å². The van der Waals surface area contributed by atoms with Crippen LogP contribution in [-0.2, 0) is 20.0 Å². The second-order valence-corrected chi connectivity index (χ2v) is 7.76. The average Bonchev–Trinajstić information content (AvgIpc) is 3.33. The number of halogens is 1. The van der Waals surface area contributed by atoms with Gasteiger partial charge in [0.25, 0.3) is 0 Å². The molecule has 0 amide bonds. The normalized spacial score (nSPS) is 15.2. The van der Waals surface area contributed by atoms with Gasteiger partial charge in [0.05, 0.1) is 23.9 Å². The molecule has 0 saturated carbocycles. The van der Waals surface area contributed by atoms with Crippen LogP contribution in [0.1, 0.15) is 36.8 Å². The molecule has 0 radical (unpaired) electrons. The number of nitrogen functional groups attached to an aromatic ring is 1. The summed E-state index contributed by atoms with van der Waals surface area (Å²) in [6, 6.07) is 6.60. The lowest BCUT2D eigenvalue weighted by molar-refractivity contribution is 0.227. The van der Waals surface area contributed by atoms with Gasteiger partial charge in [-0.15, -0.1) is 0 Å². The van der Waals surface area contributed by atoms with Gasteiger partial charge in [-0.25, -0.2) is 14.4 Å². The molecule has 0 spiro atoms. The van der Waals surface area contributed by atoms with E-state index < -0.39 is 6.10 Å². The summed E-state index contributed by atoms with van der Waals surface area (Å²) in [4.78, 5) is 9.02. The summed E-state index contributed by atoms with van der Waals surface area (Å²) in [5.74, 6) is 0.412. The first kappa shape index (κ1) is 19.3. The molecule has 4 aromatic rings. The highest BCUT2D eigenvalue weighted by atomic mass is 19.1. The molecule has 0 fully saturated rings. The number of fused-ring (bicyclic) bond motifs is 7. The Labute approximate surface area is 179 Å². The van der Waals surface area contributed by atoms with Crippen molar-refractivity contribution in [3.05, 3.63) is 65.6 Å². The van der Waals surface area contributed by atoms with Crippen LogP contribution in [0.4, 0.5) is 10.2 Å². The highest BCUT2D eigenvalue weighted by Gasteiger charge is 2.24. The van der Waals surface area contributed by atoms with Crippen molar-refractivity contribution in [1.82, 2.24) is 24.3 Å². The predicted octanol–water partition coefficient (Wildman–Crippen LogP) is 4.13. The summed E-state index contributed by atoms with van der Waals surface area (Å²) in [5.41, 5.74) is 12.4. The van der Waals surface area contributed by atoms with Gasteiger partial charge in [-0.3, -0.25) is 4.68 Å². The summed E-state index contributed by atoms with van der Waals surface area (Å²) < 4.78 is 24.4. The van der Waals surface area contributed by atoms with E-state index in [1.165, 1.54) is 12.1 Å². The van der Waals surface area contributed by atoms with Crippen molar-refractivity contribution in [3.63, 3.8) is 0 Å². The van der Waals surface area contributed by atoms with Gasteiger partial charge in [0.1, 0.15) is 11.9 Å². The van der Waals surface area contributed by atoms with Crippen LogP contribution in [0.2, 0.25) is 0 Å². The van der Waals surface area contributed by atoms with Crippen molar-refractivity contribution in [2.45, 2.75) is 32.9 Å². The molecule has 31 heavy (non-hydrogen) atoms. The number of imidazole rings is 1. The molecule has 1 atom stereocenters. The molecule has 1 aliphatic rings. The summed E-state index contributed by atoms with van der Waals surface area (Å²) in [6.07, 6.45) is 5.56. The third-order valence-electron chi connectivity index (χ3n) is 5.80. The fourth-order valence-corrected chi connectivity index (χ4v) is 4.22. The predicted molar refractivity (Wildman–Crippen MR) is 116 cm³/mol. The molecular weight excluding hydrogens is 395 g/mol. The molecule has 4 heterocycles. The number of nitrogens with zero attached hydrogens (tertiary/aromatic N) is 5. The van der Waals surface area contributed by atoms with Crippen molar-refractivity contribution in [3.8, 4) is 28.3 Å². The number of aryl methyl sites for hydroxylation is 2. The molecule has 0 aliphatic carbocycles. The van der Waals surface area contributed by atoms with E-state index in [2.05, 4.69) is 15.1 Å². The third-order valence-corrected chi connectivity index (χ3v) is 5.80. The molecule has 7 nitrogen and oxygen atoms in total. The molecular formula is C23H23FN6O. The second-order valence-electron chi connectivity index (χ2n) is 7.76. The standard InChI is InChI=1S/C23H23FN6O/c1-4-30-22-14(11-28-30)7-19-21(27-12-29(19)3)17-6-5-16(24)9-18(17)13(2)31-20-8-15(22)10-26-23(20)25/h5-6,8-13H,4,7H2,1-3H3,(H2,25,26)/t13-/m1/s1. The highest BCUT2D eigenvalue weighted by molar-refractivity contribution is 5.71. The van der Waals surface area contributed by atoms with Gasteiger partial charge in [0.15, 0.2) is 11.6 Å². The summed E-state index contributed by atoms with van der Waals surface area (Å²) in [7, 11) is 1.97. The Hall–Kier alpha value is -3.68. The lowest BCUT2D eigenvalue weighted by atomic mass is 9.96. The first-order chi connectivity index (χ1) is 15.0. The lowest BCUT2D eigenvalue weighted by Gasteiger charge is -2.21. The van der Waals surface area contributed by atoms with Crippen LogP contribution < -0.4 is 10.5 Å². The first-order valence-corrected chi connectivity index (χ1v) is 10.2. The van der Waals surface area contributed by atoms with Crippen LogP contribution in [0.25, 0.3) is 22.5 Å². The minimum atomic E-state index is -0.463. The Morgan fingerprint density at radius 3 is 2.87 bits per heavy atom. The van der Waals surface area contributed by atoms with E-state index in [4.69, 9.17) is 10.5 Å². The maximum absolute atomic E-state index is 14.2. The zero-order chi connectivity index (χ0) is 21.7. The third kappa shape index (κ3) is 3.15. The Bertz CT molecular complexity index is 1290. The SMILES string of the molecule is CCn1ncc2c1-c1cnc(N)c(c1)O[C@H](C)c1cc(F)ccc1-c1ncn(C)c1C2. The topological polar surface area (TPSA) is 83.8 Å². The summed E-state index contributed by atoms with van der Waals surface area (Å²) >= 11 is 0. The van der Waals surface area contributed by atoms with Crippen LogP contribution in [-0.4, -0.2) is 24.3 Å². The smallest absolute Gasteiger partial charge is 0.166 e. The Morgan fingerprint density at radius 1 is 1.23 bits per heavy atom. The van der Waals surface area contributed by atoms with E-state index in [9.17, 15) is 4.39 Å². The number of nitrogens with two attached hydrogens (primary N) is 1. The van der Waals surface area contributed by atoms with Gasteiger partial charge in [-0.1, -0.05) is 0 Å². The summed E-state index contributed by atoms with van der Waals surface area (Å²) in [5, 5.41) is 4.58. The molecule has 3 aromatic heterocycles. The minimum Gasteiger partial charge on any atom is -0.482 e. The molecule has 8 heteroatoms. The number of hydrogen-bond donors (Lipinski definition) is 1. The Kier molecular flexibility index (Phi) is 4.50. The number of pyridine rings is 1. The maximum atomic E-state index is 14.2. The number of ether oxygens (including phenoxy) is 1. The number of benzene rings is 1. The molecule has 0 unspecified atom stereocenters. The number of aromatic nitrogens is 5. The monoisotopic (exact) mass is 418 g/mol.